The fourth-order valence-electron chi connectivity index (χ4n) is 3.41. The van der Waals surface area contributed by atoms with Gasteiger partial charge in [0, 0.05) is 45.3 Å². The lowest BCUT2D eigenvalue weighted by atomic mass is 9.84. The van der Waals surface area contributed by atoms with E-state index in [9.17, 15) is 0 Å². The molecule has 2 aliphatic rings. The summed E-state index contributed by atoms with van der Waals surface area (Å²) in [7, 11) is 2.32. The van der Waals surface area contributed by atoms with Gasteiger partial charge in [0.1, 0.15) is 0 Å². The van der Waals surface area contributed by atoms with Gasteiger partial charge in [-0.25, -0.2) is 0 Å². The summed E-state index contributed by atoms with van der Waals surface area (Å²) in [5, 5.41) is 3.42. The first-order chi connectivity index (χ1) is 8.77. The van der Waals surface area contributed by atoms with E-state index in [4.69, 9.17) is 0 Å². The normalized spacial score (nSPS) is 25.5. The molecule has 106 valence electrons. The molecule has 0 aromatic carbocycles. The van der Waals surface area contributed by atoms with Crippen molar-refractivity contribution in [3.05, 3.63) is 0 Å². The lowest BCUT2D eigenvalue weighted by Gasteiger charge is -2.36. The second kappa shape index (κ2) is 7.46. The molecule has 1 saturated carbocycles. The van der Waals surface area contributed by atoms with Gasteiger partial charge in [-0.05, 0) is 32.7 Å². The van der Waals surface area contributed by atoms with E-state index in [2.05, 4.69) is 29.1 Å². The largest absolute Gasteiger partial charge is 0.314 e. The van der Waals surface area contributed by atoms with Crippen LogP contribution in [0.2, 0.25) is 0 Å². The molecule has 3 heteroatoms. The zero-order chi connectivity index (χ0) is 12.8. The van der Waals surface area contributed by atoms with Crippen molar-refractivity contribution in [3.8, 4) is 0 Å². The molecule has 18 heavy (non-hydrogen) atoms. The van der Waals surface area contributed by atoms with E-state index >= 15 is 0 Å². The summed E-state index contributed by atoms with van der Waals surface area (Å²) < 4.78 is 0. The fourth-order valence-corrected chi connectivity index (χ4v) is 3.41. The van der Waals surface area contributed by atoms with E-state index in [1.165, 1.54) is 71.4 Å². The van der Waals surface area contributed by atoms with Gasteiger partial charge < -0.3 is 10.2 Å². The van der Waals surface area contributed by atoms with E-state index in [0.717, 1.165) is 12.0 Å². The zero-order valence-electron chi connectivity index (χ0n) is 12.3. The lowest BCUT2D eigenvalue weighted by molar-refractivity contribution is 0.133. The Morgan fingerprint density at radius 3 is 2.50 bits per heavy atom. The number of hydrogen-bond donors (Lipinski definition) is 1. The molecule has 3 nitrogen and oxygen atoms in total. The van der Waals surface area contributed by atoms with Gasteiger partial charge in [0.2, 0.25) is 0 Å². The van der Waals surface area contributed by atoms with Crippen molar-refractivity contribution >= 4 is 0 Å². The zero-order valence-corrected chi connectivity index (χ0v) is 12.3. The third-order valence-corrected chi connectivity index (χ3v) is 5.01. The smallest absolute Gasteiger partial charge is 0.0110 e. The minimum atomic E-state index is 0.771. The summed E-state index contributed by atoms with van der Waals surface area (Å²) in [4.78, 5) is 5.19. The summed E-state index contributed by atoms with van der Waals surface area (Å²) >= 11 is 0. The maximum atomic E-state index is 3.42. The van der Waals surface area contributed by atoms with Gasteiger partial charge in [-0.2, -0.15) is 0 Å². The Labute approximate surface area is 113 Å². The second-order valence-corrected chi connectivity index (χ2v) is 6.21. The van der Waals surface area contributed by atoms with Crippen LogP contribution in [0.4, 0.5) is 0 Å². The summed E-state index contributed by atoms with van der Waals surface area (Å²) in [5.74, 6) is 0.951. The van der Waals surface area contributed by atoms with Crippen LogP contribution in [0, 0.1) is 5.92 Å². The number of rotatable bonds is 5. The van der Waals surface area contributed by atoms with Crippen molar-refractivity contribution in [1.29, 1.82) is 0 Å². The number of hydrogen-bond acceptors (Lipinski definition) is 3. The van der Waals surface area contributed by atoms with Crippen LogP contribution >= 0.6 is 0 Å². The van der Waals surface area contributed by atoms with Gasteiger partial charge in [-0.15, -0.1) is 0 Å². The van der Waals surface area contributed by atoms with Gasteiger partial charge in [-0.1, -0.05) is 19.3 Å². The van der Waals surface area contributed by atoms with Crippen LogP contribution in [0.1, 0.15) is 39.0 Å². The number of nitrogens with zero attached hydrogens (tertiary/aromatic N) is 2. The molecule has 0 aromatic heterocycles. The molecule has 1 heterocycles. The molecular formula is C15H31N3. The van der Waals surface area contributed by atoms with Crippen LogP contribution in [0.3, 0.4) is 0 Å². The highest BCUT2D eigenvalue weighted by atomic mass is 15.2. The molecule has 1 N–H and O–H groups in total. The molecular weight excluding hydrogens is 222 g/mol. The first-order valence-corrected chi connectivity index (χ1v) is 7.90. The Morgan fingerprint density at radius 2 is 1.83 bits per heavy atom. The molecule has 1 aliphatic carbocycles. The first-order valence-electron chi connectivity index (χ1n) is 7.90. The average molecular weight is 253 g/mol. The third-order valence-electron chi connectivity index (χ3n) is 5.01. The van der Waals surface area contributed by atoms with Crippen LogP contribution in [0.25, 0.3) is 0 Å². The molecule has 0 amide bonds. The van der Waals surface area contributed by atoms with E-state index < -0.39 is 0 Å². The van der Waals surface area contributed by atoms with Crippen molar-refractivity contribution in [2.75, 3.05) is 46.3 Å². The number of likely N-dealkylation sites (N-methyl/N-ethyl adjacent to an activating group) is 1. The molecule has 0 radical (unpaired) electrons. The minimum Gasteiger partial charge on any atom is -0.314 e. The average Bonchev–Trinajstić information content (AvgIpc) is 2.46. The molecule has 1 unspecified atom stereocenters. The highest BCUT2D eigenvalue weighted by Gasteiger charge is 2.23. The molecule has 1 aliphatic heterocycles. The Kier molecular flexibility index (Phi) is 5.93. The maximum Gasteiger partial charge on any atom is 0.0110 e. The SMILES string of the molecule is CC(C1CCCCC1)N(C)CCN1CCNCC1. The number of nitrogens with one attached hydrogen (secondary N) is 1. The summed E-state index contributed by atoms with van der Waals surface area (Å²) in [6.45, 7) is 9.71. The van der Waals surface area contributed by atoms with Crippen molar-refractivity contribution in [2.45, 2.75) is 45.1 Å². The quantitative estimate of drug-likeness (QED) is 0.806. The van der Waals surface area contributed by atoms with Crippen LogP contribution in [-0.4, -0.2) is 62.2 Å². The van der Waals surface area contributed by atoms with Gasteiger partial charge in [0.15, 0.2) is 0 Å². The van der Waals surface area contributed by atoms with Gasteiger partial charge >= 0.3 is 0 Å². The Hall–Kier alpha value is -0.120. The molecule has 2 rings (SSSR count). The lowest BCUT2D eigenvalue weighted by Crippen LogP contribution is -2.47. The van der Waals surface area contributed by atoms with Crippen LogP contribution in [0.5, 0.6) is 0 Å². The molecule has 0 bridgehead atoms. The predicted octanol–water partition coefficient (Wildman–Crippen LogP) is 1.79. The van der Waals surface area contributed by atoms with Gasteiger partial charge in [-0.3, -0.25) is 4.90 Å². The van der Waals surface area contributed by atoms with E-state index in [1.807, 2.05) is 0 Å². The summed E-state index contributed by atoms with van der Waals surface area (Å²) in [5.41, 5.74) is 0. The second-order valence-electron chi connectivity index (χ2n) is 6.21. The van der Waals surface area contributed by atoms with Crippen molar-refractivity contribution < 1.29 is 0 Å². The van der Waals surface area contributed by atoms with Crippen LogP contribution in [0.15, 0.2) is 0 Å². The predicted molar refractivity (Wildman–Crippen MR) is 78.0 cm³/mol. The van der Waals surface area contributed by atoms with E-state index in [-0.39, 0.29) is 0 Å². The van der Waals surface area contributed by atoms with Crippen molar-refractivity contribution in [3.63, 3.8) is 0 Å². The Bertz CT molecular complexity index is 220. The highest BCUT2D eigenvalue weighted by Crippen LogP contribution is 2.28. The molecule has 0 aromatic rings. The third kappa shape index (κ3) is 4.22. The standard InChI is InChI=1S/C15H31N3/c1-14(15-6-4-3-5-7-15)17(2)12-13-18-10-8-16-9-11-18/h14-16H,3-13H2,1-2H3. The molecule has 0 spiro atoms. The Morgan fingerprint density at radius 1 is 1.17 bits per heavy atom. The monoisotopic (exact) mass is 253 g/mol. The van der Waals surface area contributed by atoms with Crippen molar-refractivity contribution in [1.82, 2.24) is 15.1 Å². The fraction of sp³-hybridized carbons (Fsp3) is 1.00. The van der Waals surface area contributed by atoms with E-state index in [0.29, 0.717) is 0 Å². The maximum absolute atomic E-state index is 3.42. The minimum absolute atomic E-state index is 0.771. The van der Waals surface area contributed by atoms with Crippen molar-refractivity contribution in [2.24, 2.45) is 5.92 Å². The van der Waals surface area contributed by atoms with E-state index in [1.54, 1.807) is 0 Å². The molecule has 2 fully saturated rings. The van der Waals surface area contributed by atoms with Crippen LogP contribution < -0.4 is 5.32 Å². The van der Waals surface area contributed by atoms with Crippen LogP contribution in [-0.2, 0) is 0 Å². The van der Waals surface area contributed by atoms with Gasteiger partial charge in [0.25, 0.3) is 0 Å². The summed E-state index contributed by atoms with van der Waals surface area (Å²) in [6, 6.07) is 0.771. The van der Waals surface area contributed by atoms with Gasteiger partial charge in [0.05, 0.1) is 0 Å². The molecule has 1 saturated heterocycles. The topological polar surface area (TPSA) is 18.5 Å². The molecule has 1 atom stereocenters. The summed E-state index contributed by atoms with van der Waals surface area (Å²) in [6.07, 6.45) is 7.30. The first kappa shape index (κ1) is 14.3. The Balaban J connectivity index is 1.67. The number of piperazine rings is 1. The highest BCUT2D eigenvalue weighted by molar-refractivity contribution is 4.78.